The highest BCUT2D eigenvalue weighted by Crippen LogP contribution is 2.36. The third-order valence-electron chi connectivity index (χ3n) is 4.31. The number of amides is 1. The summed E-state index contributed by atoms with van der Waals surface area (Å²) in [5.74, 6) is -0.291. The van der Waals surface area contributed by atoms with E-state index in [0.29, 0.717) is 18.8 Å². The molecule has 1 amide bonds. The van der Waals surface area contributed by atoms with Crippen molar-refractivity contribution in [1.82, 2.24) is 10.3 Å². The lowest BCUT2D eigenvalue weighted by Gasteiger charge is -2.32. The van der Waals surface area contributed by atoms with Gasteiger partial charge in [0.1, 0.15) is 5.69 Å². The first kappa shape index (κ1) is 18.9. The summed E-state index contributed by atoms with van der Waals surface area (Å²) in [5, 5.41) is 11.3. The molecule has 7 nitrogen and oxygen atoms in total. The Bertz CT molecular complexity index is 563. The molecule has 2 rings (SSSR count). The van der Waals surface area contributed by atoms with Crippen molar-refractivity contribution in [2.24, 2.45) is 0 Å². The number of rotatable bonds is 7. The Kier molecular flexibility index (Phi) is 5.98. The SMILES string of the molecule is CC1(C)OB(c2ccnc(C(=O)NCCOCCO)c2)OC1(C)C. The first-order valence-corrected chi connectivity index (χ1v) is 8.05. The molecule has 1 aliphatic heterocycles. The van der Waals surface area contributed by atoms with E-state index < -0.39 is 18.3 Å². The van der Waals surface area contributed by atoms with Crippen LogP contribution in [0.2, 0.25) is 0 Å². The van der Waals surface area contributed by atoms with Gasteiger partial charge in [-0.2, -0.15) is 0 Å². The molecular weight excluding hydrogens is 311 g/mol. The molecule has 0 bridgehead atoms. The highest BCUT2D eigenvalue weighted by Gasteiger charge is 2.51. The summed E-state index contributed by atoms with van der Waals surface area (Å²) in [6, 6.07) is 3.45. The molecule has 0 aliphatic carbocycles. The Balaban J connectivity index is 1.98. The largest absolute Gasteiger partial charge is 0.494 e. The monoisotopic (exact) mass is 336 g/mol. The molecule has 8 heteroatoms. The Hall–Kier alpha value is -1.48. The highest BCUT2D eigenvalue weighted by molar-refractivity contribution is 6.62. The quantitative estimate of drug-likeness (QED) is 0.543. The number of ether oxygens (including phenoxy) is 1. The average Bonchev–Trinajstić information content (AvgIpc) is 2.75. The molecule has 1 aliphatic rings. The van der Waals surface area contributed by atoms with Crippen LogP contribution in [0.3, 0.4) is 0 Å². The van der Waals surface area contributed by atoms with Crippen molar-refractivity contribution in [3.63, 3.8) is 0 Å². The molecule has 0 saturated carbocycles. The zero-order valence-corrected chi connectivity index (χ0v) is 14.7. The van der Waals surface area contributed by atoms with E-state index in [4.69, 9.17) is 19.2 Å². The van der Waals surface area contributed by atoms with Gasteiger partial charge in [-0.1, -0.05) is 0 Å². The lowest BCUT2D eigenvalue weighted by atomic mass is 9.79. The molecule has 24 heavy (non-hydrogen) atoms. The van der Waals surface area contributed by atoms with Crippen molar-refractivity contribution in [2.75, 3.05) is 26.4 Å². The maximum atomic E-state index is 12.1. The van der Waals surface area contributed by atoms with Crippen LogP contribution in [0.4, 0.5) is 0 Å². The van der Waals surface area contributed by atoms with Gasteiger partial charge in [-0.15, -0.1) is 0 Å². The molecule has 0 atom stereocenters. The number of carbonyl (C=O) groups is 1. The standard InChI is InChI=1S/C16H25BN2O5/c1-15(2)16(3,4)24-17(23-15)12-5-6-18-13(11-12)14(21)19-7-9-22-10-8-20/h5-6,11,20H,7-10H2,1-4H3,(H,19,21). The Morgan fingerprint density at radius 3 is 2.58 bits per heavy atom. The minimum atomic E-state index is -0.530. The van der Waals surface area contributed by atoms with E-state index in [-0.39, 0.29) is 19.1 Å². The van der Waals surface area contributed by atoms with Crippen molar-refractivity contribution in [3.8, 4) is 0 Å². The van der Waals surface area contributed by atoms with Gasteiger partial charge in [0.25, 0.3) is 5.91 Å². The average molecular weight is 336 g/mol. The predicted molar refractivity (Wildman–Crippen MR) is 90.2 cm³/mol. The summed E-state index contributed by atoms with van der Waals surface area (Å²) < 4.78 is 17.1. The molecule has 2 N–H and O–H groups in total. The second-order valence-electron chi connectivity index (χ2n) is 6.65. The topological polar surface area (TPSA) is 89.9 Å². The van der Waals surface area contributed by atoms with Gasteiger partial charge < -0.3 is 24.5 Å². The van der Waals surface area contributed by atoms with Gasteiger partial charge in [0, 0.05) is 12.7 Å². The molecule has 1 aromatic heterocycles. The van der Waals surface area contributed by atoms with Crippen molar-refractivity contribution < 1.29 is 23.9 Å². The van der Waals surface area contributed by atoms with Crippen LogP contribution in [0.5, 0.6) is 0 Å². The van der Waals surface area contributed by atoms with E-state index in [1.54, 1.807) is 18.3 Å². The van der Waals surface area contributed by atoms with Crippen molar-refractivity contribution in [2.45, 2.75) is 38.9 Å². The zero-order valence-electron chi connectivity index (χ0n) is 14.7. The fourth-order valence-corrected chi connectivity index (χ4v) is 2.19. The Morgan fingerprint density at radius 1 is 1.29 bits per heavy atom. The number of aliphatic hydroxyl groups excluding tert-OH is 1. The van der Waals surface area contributed by atoms with E-state index in [1.165, 1.54) is 0 Å². The third-order valence-corrected chi connectivity index (χ3v) is 4.31. The minimum absolute atomic E-state index is 0.0361. The fraction of sp³-hybridized carbons (Fsp3) is 0.625. The van der Waals surface area contributed by atoms with Gasteiger partial charge >= 0.3 is 7.12 Å². The van der Waals surface area contributed by atoms with Gasteiger partial charge in [0.2, 0.25) is 0 Å². The summed E-state index contributed by atoms with van der Waals surface area (Å²) in [6.45, 7) is 8.83. The number of aliphatic hydroxyl groups is 1. The van der Waals surface area contributed by atoms with E-state index >= 15 is 0 Å². The molecule has 1 saturated heterocycles. The lowest BCUT2D eigenvalue weighted by molar-refractivity contribution is 0.00578. The van der Waals surface area contributed by atoms with Crippen LogP contribution in [-0.4, -0.2) is 60.7 Å². The second kappa shape index (κ2) is 7.61. The zero-order chi connectivity index (χ0) is 17.8. The maximum Gasteiger partial charge on any atom is 0.494 e. The van der Waals surface area contributed by atoms with Gasteiger partial charge in [-0.25, -0.2) is 0 Å². The molecule has 0 spiro atoms. The predicted octanol–water partition coefficient (Wildman–Crippen LogP) is 0.120. The molecule has 132 valence electrons. The van der Waals surface area contributed by atoms with Crippen LogP contribution in [0, 0.1) is 0 Å². The third kappa shape index (κ3) is 4.33. The summed E-state index contributed by atoms with van der Waals surface area (Å²) in [4.78, 5) is 16.2. The number of carbonyl (C=O) groups excluding carboxylic acids is 1. The van der Waals surface area contributed by atoms with Gasteiger partial charge in [0.15, 0.2) is 0 Å². The van der Waals surface area contributed by atoms with E-state index in [9.17, 15) is 4.79 Å². The van der Waals surface area contributed by atoms with E-state index in [2.05, 4.69) is 10.3 Å². The van der Waals surface area contributed by atoms with Crippen LogP contribution in [0.1, 0.15) is 38.2 Å². The number of hydrogen-bond donors (Lipinski definition) is 2. The van der Waals surface area contributed by atoms with Crippen LogP contribution in [0.25, 0.3) is 0 Å². The Morgan fingerprint density at radius 2 is 1.96 bits per heavy atom. The van der Waals surface area contributed by atoms with Gasteiger partial charge in [-0.05, 0) is 45.3 Å². The first-order chi connectivity index (χ1) is 11.3. The van der Waals surface area contributed by atoms with Gasteiger partial charge in [0.05, 0.1) is 31.0 Å². The van der Waals surface area contributed by atoms with Gasteiger partial charge in [-0.3, -0.25) is 9.78 Å². The number of nitrogens with zero attached hydrogens (tertiary/aromatic N) is 1. The molecule has 0 unspecified atom stereocenters. The molecule has 2 heterocycles. The van der Waals surface area contributed by atoms with E-state index in [1.807, 2.05) is 27.7 Å². The maximum absolute atomic E-state index is 12.1. The van der Waals surface area contributed by atoms with Crippen molar-refractivity contribution in [3.05, 3.63) is 24.0 Å². The van der Waals surface area contributed by atoms with Crippen molar-refractivity contribution in [1.29, 1.82) is 0 Å². The molecule has 0 aromatic carbocycles. The molecule has 0 radical (unpaired) electrons. The molecular formula is C16H25BN2O5. The number of aromatic nitrogens is 1. The summed E-state index contributed by atoms with van der Waals surface area (Å²) in [5.41, 5.74) is 0.176. The van der Waals surface area contributed by atoms with Crippen molar-refractivity contribution >= 4 is 18.5 Å². The van der Waals surface area contributed by atoms with Crippen LogP contribution in [0.15, 0.2) is 18.3 Å². The van der Waals surface area contributed by atoms with Crippen LogP contribution < -0.4 is 10.8 Å². The second-order valence-corrected chi connectivity index (χ2v) is 6.65. The first-order valence-electron chi connectivity index (χ1n) is 8.05. The molecule has 1 fully saturated rings. The highest BCUT2D eigenvalue weighted by atomic mass is 16.7. The summed E-state index contributed by atoms with van der Waals surface area (Å²) >= 11 is 0. The van der Waals surface area contributed by atoms with Crippen LogP contribution in [-0.2, 0) is 14.0 Å². The van der Waals surface area contributed by atoms with E-state index in [0.717, 1.165) is 5.46 Å². The smallest absolute Gasteiger partial charge is 0.399 e. The van der Waals surface area contributed by atoms with Crippen LogP contribution >= 0.6 is 0 Å². The lowest BCUT2D eigenvalue weighted by Crippen LogP contribution is -2.41. The number of pyridine rings is 1. The minimum Gasteiger partial charge on any atom is -0.399 e. The normalized spacial score (nSPS) is 18.6. The number of hydrogen-bond acceptors (Lipinski definition) is 6. The molecule has 1 aromatic rings. The Labute approximate surface area is 142 Å². The fourth-order valence-electron chi connectivity index (χ4n) is 2.19. The summed E-state index contributed by atoms with van der Waals surface area (Å²) in [6.07, 6.45) is 1.57. The summed E-state index contributed by atoms with van der Waals surface area (Å²) in [7, 11) is -0.530. The number of nitrogens with one attached hydrogen (secondary N) is 1.